The molecule has 57 heavy (non-hydrogen) atoms. The predicted molar refractivity (Wildman–Crippen MR) is 239 cm³/mol. The molecule has 0 aliphatic rings. The molecule has 0 radical (unpaired) electrons. The second-order valence-corrected chi connectivity index (χ2v) is 14.8. The molecule has 3 nitrogen and oxygen atoms in total. The molecule has 0 fully saturated rings. The number of fused-ring (bicyclic) bond motifs is 11. The molecule has 0 saturated carbocycles. The molecule has 12 aromatic rings. The molecule has 0 aliphatic carbocycles. The lowest BCUT2D eigenvalue weighted by atomic mass is 9.93. The number of furan rings is 2. The first-order chi connectivity index (χ1) is 28.2. The molecule has 0 saturated heterocycles. The van der Waals surface area contributed by atoms with Crippen molar-refractivity contribution < 1.29 is 8.83 Å². The average Bonchev–Trinajstić information content (AvgIpc) is 3.84. The summed E-state index contributed by atoms with van der Waals surface area (Å²) in [6, 6.07) is 71.4. The van der Waals surface area contributed by atoms with Crippen molar-refractivity contribution in [2.24, 2.45) is 0 Å². The van der Waals surface area contributed by atoms with Crippen molar-refractivity contribution in [2.75, 3.05) is 4.90 Å². The van der Waals surface area contributed by atoms with E-state index in [1.165, 1.54) is 49.0 Å². The topological polar surface area (TPSA) is 29.5 Å². The fraction of sp³-hybridized carbons (Fsp3) is 0. The standard InChI is InChI=1S/C54H33NO2/c1-2-12-34(13-3-1)49-33-53-54(46-20-9-8-18-43(46)49)47-29-27-39(32-52(47)57-53)55(38-26-28-45-44-19-10-11-21-50(44)56-51(45)31-38)37-24-22-35(23-25-37)48-30-36-14-4-5-15-40(36)41-16-6-7-17-42(41)48/h1-33H. The van der Waals surface area contributed by atoms with Crippen molar-refractivity contribution in [2.45, 2.75) is 0 Å². The Balaban J connectivity index is 1.04. The van der Waals surface area contributed by atoms with Gasteiger partial charge in [-0.05, 0) is 109 Å². The number of benzene rings is 10. The van der Waals surface area contributed by atoms with Crippen molar-refractivity contribution in [3.8, 4) is 22.3 Å². The minimum absolute atomic E-state index is 0.840. The average molecular weight is 728 g/mol. The van der Waals surface area contributed by atoms with Gasteiger partial charge in [0, 0.05) is 50.7 Å². The number of nitrogens with zero attached hydrogens (tertiary/aromatic N) is 1. The van der Waals surface area contributed by atoms with Crippen molar-refractivity contribution in [3.05, 3.63) is 200 Å². The number of hydrogen-bond acceptors (Lipinski definition) is 3. The van der Waals surface area contributed by atoms with E-state index in [-0.39, 0.29) is 0 Å². The minimum Gasteiger partial charge on any atom is -0.456 e. The van der Waals surface area contributed by atoms with E-state index in [0.717, 1.165) is 66.5 Å². The van der Waals surface area contributed by atoms with E-state index >= 15 is 0 Å². The smallest absolute Gasteiger partial charge is 0.137 e. The van der Waals surface area contributed by atoms with E-state index in [1.807, 2.05) is 12.1 Å². The van der Waals surface area contributed by atoms with Gasteiger partial charge in [0.1, 0.15) is 22.3 Å². The fourth-order valence-corrected chi connectivity index (χ4v) is 9.01. The summed E-state index contributed by atoms with van der Waals surface area (Å²) in [5, 5.41) is 11.8. The Morgan fingerprint density at radius 2 is 0.789 bits per heavy atom. The van der Waals surface area contributed by atoms with Crippen LogP contribution in [0.5, 0.6) is 0 Å². The maximum Gasteiger partial charge on any atom is 0.137 e. The normalized spacial score (nSPS) is 11.9. The first kappa shape index (κ1) is 31.7. The Bertz CT molecular complexity index is 3520. The summed E-state index contributed by atoms with van der Waals surface area (Å²) < 4.78 is 13.2. The first-order valence-corrected chi connectivity index (χ1v) is 19.4. The van der Waals surface area contributed by atoms with Gasteiger partial charge in [-0.1, -0.05) is 133 Å². The van der Waals surface area contributed by atoms with Crippen molar-refractivity contribution >= 4 is 93.3 Å². The van der Waals surface area contributed by atoms with Gasteiger partial charge in [-0.3, -0.25) is 0 Å². The molecule has 0 N–H and O–H groups in total. The number of rotatable bonds is 5. The molecule has 0 aliphatic heterocycles. The summed E-state index contributed by atoms with van der Waals surface area (Å²) in [6.07, 6.45) is 0. The zero-order valence-electron chi connectivity index (χ0n) is 30.8. The molecular formula is C54H33NO2. The van der Waals surface area contributed by atoms with E-state index in [9.17, 15) is 0 Å². The molecule has 0 bridgehead atoms. The van der Waals surface area contributed by atoms with E-state index in [0.29, 0.717) is 0 Å². The maximum absolute atomic E-state index is 6.80. The Labute approximate surface area is 328 Å². The largest absolute Gasteiger partial charge is 0.456 e. The lowest BCUT2D eigenvalue weighted by molar-refractivity contribution is 0.669. The molecule has 266 valence electrons. The van der Waals surface area contributed by atoms with Crippen LogP contribution in [0.25, 0.3) is 98.4 Å². The zero-order valence-corrected chi connectivity index (χ0v) is 30.8. The van der Waals surface area contributed by atoms with Gasteiger partial charge in [0.2, 0.25) is 0 Å². The van der Waals surface area contributed by atoms with Crippen LogP contribution in [0, 0.1) is 0 Å². The van der Waals surface area contributed by atoms with Crippen LogP contribution in [-0.2, 0) is 0 Å². The summed E-state index contributed by atoms with van der Waals surface area (Å²) in [5.74, 6) is 0. The van der Waals surface area contributed by atoms with Crippen LogP contribution in [-0.4, -0.2) is 0 Å². The highest BCUT2D eigenvalue weighted by Crippen LogP contribution is 2.44. The van der Waals surface area contributed by atoms with Crippen LogP contribution in [0.4, 0.5) is 17.1 Å². The van der Waals surface area contributed by atoms with Gasteiger partial charge in [0.05, 0.1) is 0 Å². The van der Waals surface area contributed by atoms with E-state index in [2.05, 4.69) is 193 Å². The summed E-state index contributed by atoms with van der Waals surface area (Å²) in [6.45, 7) is 0. The molecule has 0 unspecified atom stereocenters. The summed E-state index contributed by atoms with van der Waals surface area (Å²) in [4.78, 5) is 2.30. The van der Waals surface area contributed by atoms with Crippen LogP contribution in [0.15, 0.2) is 209 Å². The zero-order chi connectivity index (χ0) is 37.5. The molecule has 0 atom stereocenters. The number of hydrogen-bond donors (Lipinski definition) is 0. The summed E-state index contributed by atoms with van der Waals surface area (Å²) >= 11 is 0. The highest BCUT2D eigenvalue weighted by molar-refractivity contribution is 6.22. The fourth-order valence-electron chi connectivity index (χ4n) is 9.01. The third kappa shape index (κ3) is 4.99. The maximum atomic E-state index is 6.80. The van der Waals surface area contributed by atoms with Crippen molar-refractivity contribution in [1.82, 2.24) is 0 Å². The highest BCUT2D eigenvalue weighted by Gasteiger charge is 2.20. The molecule has 2 aromatic heterocycles. The lowest BCUT2D eigenvalue weighted by Crippen LogP contribution is -2.09. The SMILES string of the molecule is c1ccc(-c2cc3oc4cc(N(c5ccc(-c6cc7ccccc7c7ccccc67)cc5)c5ccc6c(c5)oc5ccccc56)ccc4c3c3ccccc23)cc1. The van der Waals surface area contributed by atoms with Crippen LogP contribution < -0.4 is 4.90 Å². The monoisotopic (exact) mass is 727 g/mol. The van der Waals surface area contributed by atoms with E-state index < -0.39 is 0 Å². The van der Waals surface area contributed by atoms with Gasteiger partial charge in [-0.25, -0.2) is 0 Å². The van der Waals surface area contributed by atoms with Gasteiger partial charge >= 0.3 is 0 Å². The second-order valence-electron chi connectivity index (χ2n) is 14.8. The second kappa shape index (κ2) is 12.5. The Morgan fingerprint density at radius 1 is 0.281 bits per heavy atom. The quantitative estimate of drug-likeness (QED) is 0.165. The summed E-state index contributed by atoms with van der Waals surface area (Å²) in [7, 11) is 0. The van der Waals surface area contributed by atoms with Gasteiger partial charge in [0.25, 0.3) is 0 Å². The minimum atomic E-state index is 0.840. The Hall–Kier alpha value is -7.62. The van der Waals surface area contributed by atoms with Gasteiger partial charge in [-0.2, -0.15) is 0 Å². The lowest BCUT2D eigenvalue weighted by Gasteiger charge is -2.25. The van der Waals surface area contributed by atoms with Crippen molar-refractivity contribution in [3.63, 3.8) is 0 Å². The molecule has 12 rings (SSSR count). The van der Waals surface area contributed by atoms with Crippen LogP contribution in [0.1, 0.15) is 0 Å². The third-order valence-electron chi connectivity index (χ3n) is 11.6. The molecular weight excluding hydrogens is 695 g/mol. The van der Waals surface area contributed by atoms with Crippen LogP contribution in [0.2, 0.25) is 0 Å². The van der Waals surface area contributed by atoms with Gasteiger partial charge in [-0.15, -0.1) is 0 Å². The molecule has 2 heterocycles. The number of anilines is 3. The third-order valence-corrected chi connectivity index (χ3v) is 11.6. The van der Waals surface area contributed by atoms with E-state index in [4.69, 9.17) is 8.83 Å². The number of para-hydroxylation sites is 1. The molecule has 10 aromatic carbocycles. The van der Waals surface area contributed by atoms with Gasteiger partial charge < -0.3 is 13.7 Å². The van der Waals surface area contributed by atoms with Crippen LogP contribution >= 0.6 is 0 Å². The summed E-state index contributed by atoms with van der Waals surface area (Å²) in [5.41, 5.74) is 11.2. The van der Waals surface area contributed by atoms with Crippen molar-refractivity contribution in [1.29, 1.82) is 0 Å². The predicted octanol–water partition coefficient (Wildman–Crippen LogP) is 15.7. The first-order valence-electron chi connectivity index (χ1n) is 19.4. The molecule has 0 amide bonds. The molecule has 0 spiro atoms. The van der Waals surface area contributed by atoms with Gasteiger partial charge in [0.15, 0.2) is 0 Å². The highest BCUT2D eigenvalue weighted by atomic mass is 16.3. The van der Waals surface area contributed by atoms with E-state index in [1.54, 1.807) is 0 Å². The van der Waals surface area contributed by atoms with Crippen LogP contribution in [0.3, 0.4) is 0 Å². The Morgan fingerprint density at radius 3 is 1.56 bits per heavy atom. The molecule has 3 heteroatoms. The Kier molecular flexibility index (Phi) is 6.93.